The molecule has 0 atom stereocenters. The number of amides is 2. The van der Waals surface area contributed by atoms with Crippen molar-refractivity contribution in [3.8, 4) is 0 Å². The first-order valence-electron chi connectivity index (χ1n) is 4.67. The third kappa shape index (κ3) is 4.39. The smallest absolute Gasteiger partial charge is 0.421 e. The zero-order valence-corrected chi connectivity index (χ0v) is 10.2. The third-order valence-electron chi connectivity index (χ3n) is 1.74. The summed E-state index contributed by atoms with van der Waals surface area (Å²) in [5.41, 5.74) is 2.18. The Morgan fingerprint density at radius 2 is 1.78 bits per heavy atom. The molecule has 2 amide bonds. The van der Waals surface area contributed by atoms with Gasteiger partial charge in [-0.2, -0.15) is 8.42 Å². The fourth-order valence-corrected chi connectivity index (χ4v) is 1.53. The molecule has 0 fully saturated rings. The minimum Gasteiger partial charge on any atom is -0.452 e. The number of carbonyl (C=O) groups is 2. The standard InChI is InChI=1S/C9H11N3O5S/c1-17-9(14)11-18(15,16)12-10-8(13)7-5-3-2-4-6-7/h2-6,12H,1H3,(H,10,13)(H,11,14). The molecular weight excluding hydrogens is 262 g/mol. The van der Waals surface area contributed by atoms with E-state index in [-0.39, 0.29) is 5.56 Å². The Bertz CT molecular complexity index is 528. The van der Waals surface area contributed by atoms with Gasteiger partial charge in [-0.25, -0.2) is 9.52 Å². The van der Waals surface area contributed by atoms with Crippen LogP contribution in [-0.2, 0) is 14.9 Å². The zero-order chi connectivity index (χ0) is 13.6. The summed E-state index contributed by atoms with van der Waals surface area (Å²) < 4.78 is 28.0. The fraction of sp³-hybridized carbons (Fsp3) is 0.111. The molecule has 0 bridgehead atoms. The lowest BCUT2D eigenvalue weighted by atomic mass is 10.2. The molecule has 3 N–H and O–H groups in total. The molecule has 0 saturated heterocycles. The first kappa shape index (κ1) is 13.9. The van der Waals surface area contributed by atoms with Crippen molar-refractivity contribution in [1.82, 2.24) is 15.0 Å². The van der Waals surface area contributed by atoms with E-state index in [1.54, 1.807) is 23.0 Å². The first-order valence-corrected chi connectivity index (χ1v) is 6.16. The Morgan fingerprint density at radius 1 is 1.17 bits per heavy atom. The van der Waals surface area contributed by atoms with Crippen LogP contribution in [0.3, 0.4) is 0 Å². The van der Waals surface area contributed by atoms with E-state index < -0.39 is 22.2 Å². The van der Waals surface area contributed by atoms with Gasteiger partial charge in [-0.1, -0.05) is 18.2 Å². The second kappa shape index (κ2) is 5.98. The summed E-state index contributed by atoms with van der Waals surface area (Å²) in [4.78, 5) is 23.8. The van der Waals surface area contributed by atoms with Crippen LogP contribution in [0.4, 0.5) is 4.79 Å². The minimum absolute atomic E-state index is 0.262. The summed E-state index contributed by atoms with van der Waals surface area (Å²) in [5, 5.41) is 0. The number of ether oxygens (including phenoxy) is 1. The molecule has 0 aliphatic rings. The highest BCUT2D eigenvalue weighted by molar-refractivity contribution is 7.88. The summed E-state index contributed by atoms with van der Waals surface area (Å²) in [6.07, 6.45) is -1.17. The van der Waals surface area contributed by atoms with Gasteiger partial charge in [0.2, 0.25) is 0 Å². The molecule has 0 aliphatic carbocycles. The van der Waals surface area contributed by atoms with Gasteiger partial charge in [0.05, 0.1) is 7.11 Å². The predicted octanol–water partition coefficient (Wildman–Crippen LogP) is -0.478. The monoisotopic (exact) mass is 273 g/mol. The van der Waals surface area contributed by atoms with Crippen LogP contribution in [0, 0.1) is 0 Å². The molecule has 1 aromatic rings. The van der Waals surface area contributed by atoms with E-state index in [0.29, 0.717) is 0 Å². The molecule has 0 aromatic heterocycles. The lowest BCUT2D eigenvalue weighted by molar-refractivity contribution is 0.0944. The molecular formula is C9H11N3O5S. The van der Waals surface area contributed by atoms with Crippen LogP contribution in [0.5, 0.6) is 0 Å². The van der Waals surface area contributed by atoms with Gasteiger partial charge < -0.3 is 4.74 Å². The van der Waals surface area contributed by atoms with Gasteiger partial charge in [-0.15, -0.1) is 4.83 Å². The molecule has 0 spiro atoms. The second-order valence-corrected chi connectivity index (χ2v) is 4.43. The summed E-state index contributed by atoms with van der Waals surface area (Å²) in [5.74, 6) is -0.661. The summed E-state index contributed by atoms with van der Waals surface area (Å²) in [6.45, 7) is 0. The van der Waals surface area contributed by atoms with Gasteiger partial charge in [-0.3, -0.25) is 10.2 Å². The maximum Gasteiger partial charge on any atom is 0.421 e. The normalized spacial score (nSPS) is 10.5. The lowest BCUT2D eigenvalue weighted by Gasteiger charge is -2.08. The van der Waals surface area contributed by atoms with Crippen molar-refractivity contribution >= 4 is 22.2 Å². The summed E-state index contributed by atoms with van der Waals surface area (Å²) in [6, 6.07) is 7.95. The van der Waals surface area contributed by atoms with E-state index in [0.717, 1.165) is 7.11 Å². The Balaban J connectivity index is 2.56. The molecule has 0 saturated carbocycles. The maximum absolute atomic E-state index is 11.5. The highest BCUT2D eigenvalue weighted by atomic mass is 32.2. The Labute approximate surface area is 103 Å². The summed E-state index contributed by atoms with van der Waals surface area (Å²) >= 11 is 0. The van der Waals surface area contributed by atoms with E-state index in [2.05, 4.69) is 4.74 Å². The second-order valence-electron chi connectivity index (χ2n) is 3.02. The number of hydrazine groups is 1. The number of hydrogen-bond donors (Lipinski definition) is 3. The van der Waals surface area contributed by atoms with Gasteiger partial charge in [0.15, 0.2) is 0 Å². The molecule has 9 heteroatoms. The quantitative estimate of drug-likeness (QED) is 0.641. The van der Waals surface area contributed by atoms with Crippen LogP contribution >= 0.6 is 0 Å². The topological polar surface area (TPSA) is 114 Å². The fourth-order valence-electron chi connectivity index (χ4n) is 0.952. The SMILES string of the molecule is COC(=O)NS(=O)(=O)NNC(=O)c1ccccc1. The molecule has 0 unspecified atom stereocenters. The van der Waals surface area contributed by atoms with Gasteiger partial charge in [0.25, 0.3) is 5.91 Å². The highest BCUT2D eigenvalue weighted by Crippen LogP contribution is 1.96. The van der Waals surface area contributed by atoms with Crippen LogP contribution in [0.15, 0.2) is 30.3 Å². The van der Waals surface area contributed by atoms with Gasteiger partial charge in [0, 0.05) is 5.56 Å². The summed E-state index contributed by atoms with van der Waals surface area (Å²) in [7, 11) is -3.20. The van der Waals surface area contributed by atoms with Crippen LogP contribution in [-0.4, -0.2) is 27.5 Å². The maximum atomic E-state index is 11.5. The number of rotatable bonds is 4. The van der Waals surface area contributed by atoms with Crippen molar-refractivity contribution in [2.24, 2.45) is 0 Å². The van der Waals surface area contributed by atoms with Crippen molar-refractivity contribution in [3.63, 3.8) is 0 Å². The molecule has 18 heavy (non-hydrogen) atoms. The van der Waals surface area contributed by atoms with E-state index in [1.807, 2.05) is 5.43 Å². The average molecular weight is 273 g/mol. The zero-order valence-electron chi connectivity index (χ0n) is 9.34. The Kier molecular flexibility index (Phi) is 4.63. The van der Waals surface area contributed by atoms with Crippen molar-refractivity contribution in [2.45, 2.75) is 0 Å². The largest absolute Gasteiger partial charge is 0.452 e. The molecule has 8 nitrogen and oxygen atoms in total. The van der Waals surface area contributed by atoms with E-state index in [1.165, 1.54) is 16.9 Å². The highest BCUT2D eigenvalue weighted by Gasteiger charge is 2.15. The average Bonchev–Trinajstić information content (AvgIpc) is 2.36. The van der Waals surface area contributed by atoms with Gasteiger partial charge >= 0.3 is 16.3 Å². The Hall–Kier alpha value is -2.13. The van der Waals surface area contributed by atoms with Crippen molar-refractivity contribution < 1.29 is 22.7 Å². The number of nitrogens with one attached hydrogen (secondary N) is 3. The minimum atomic E-state index is -4.20. The molecule has 0 aliphatic heterocycles. The Morgan fingerprint density at radius 3 is 2.33 bits per heavy atom. The molecule has 1 rings (SSSR count). The van der Waals surface area contributed by atoms with Crippen molar-refractivity contribution in [2.75, 3.05) is 7.11 Å². The number of carbonyl (C=O) groups excluding carboxylic acids is 2. The third-order valence-corrected chi connectivity index (χ3v) is 2.54. The van der Waals surface area contributed by atoms with Gasteiger partial charge in [0.1, 0.15) is 0 Å². The molecule has 98 valence electrons. The van der Waals surface area contributed by atoms with Crippen LogP contribution in [0.25, 0.3) is 0 Å². The van der Waals surface area contributed by atoms with Gasteiger partial charge in [-0.05, 0) is 12.1 Å². The van der Waals surface area contributed by atoms with Crippen molar-refractivity contribution in [1.29, 1.82) is 0 Å². The number of hydrogen-bond acceptors (Lipinski definition) is 5. The van der Waals surface area contributed by atoms with Crippen LogP contribution < -0.4 is 15.0 Å². The molecule has 1 aromatic carbocycles. The number of benzene rings is 1. The van der Waals surface area contributed by atoms with Crippen LogP contribution in [0.1, 0.15) is 10.4 Å². The van der Waals surface area contributed by atoms with E-state index >= 15 is 0 Å². The first-order chi connectivity index (χ1) is 8.44. The molecule has 0 heterocycles. The van der Waals surface area contributed by atoms with E-state index in [9.17, 15) is 18.0 Å². The lowest BCUT2D eigenvalue weighted by Crippen LogP contribution is -2.48. The van der Waals surface area contributed by atoms with Crippen LogP contribution in [0.2, 0.25) is 0 Å². The molecule has 0 radical (unpaired) electrons. The predicted molar refractivity (Wildman–Crippen MR) is 61.5 cm³/mol. The number of methoxy groups -OCH3 is 1. The van der Waals surface area contributed by atoms with E-state index in [4.69, 9.17) is 0 Å². The van der Waals surface area contributed by atoms with Crippen molar-refractivity contribution in [3.05, 3.63) is 35.9 Å².